The van der Waals surface area contributed by atoms with E-state index in [1.54, 1.807) is 0 Å². The van der Waals surface area contributed by atoms with Gasteiger partial charge in [0, 0.05) is 27.8 Å². The van der Waals surface area contributed by atoms with Crippen LogP contribution in [0.2, 0.25) is 0 Å². The van der Waals surface area contributed by atoms with E-state index in [1.165, 1.54) is 66.3 Å². The molecular formula is C55H38N2. The van der Waals surface area contributed by atoms with Crippen molar-refractivity contribution in [2.75, 3.05) is 4.90 Å². The van der Waals surface area contributed by atoms with Crippen molar-refractivity contribution in [3.05, 3.63) is 253 Å². The lowest BCUT2D eigenvalue weighted by atomic mass is 9.67. The summed E-state index contributed by atoms with van der Waals surface area (Å²) in [4.78, 5) is 2.47. The van der Waals surface area contributed by atoms with Crippen LogP contribution in [0.25, 0.3) is 49.7 Å². The molecule has 0 saturated heterocycles. The van der Waals surface area contributed by atoms with Crippen LogP contribution in [-0.4, -0.2) is 4.57 Å². The topological polar surface area (TPSA) is 8.17 Å². The molecule has 1 aliphatic rings. The van der Waals surface area contributed by atoms with Gasteiger partial charge in [-0.25, -0.2) is 0 Å². The lowest BCUT2D eigenvalue weighted by Gasteiger charge is -2.35. The third-order valence-electron chi connectivity index (χ3n) is 11.9. The van der Waals surface area contributed by atoms with E-state index in [4.69, 9.17) is 0 Å². The SMILES string of the molecule is c1ccc(-c2ccc(N(c3ccc4c(c3)C(c3ccccc3)(c3ccccc3)c3ccccc3-4)c3cccc4c5ccccc5n(-c5ccccc5)c34)cc2)cc1. The molecule has 0 bridgehead atoms. The molecule has 0 N–H and O–H groups in total. The normalized spacial score (nSPS) is 12.7. The average molecular weight is 727 g/mol. The number of rotatable bonds is 7. The summed E-state index contributed by atoms with van der Waals surface area (Å²) < 4.78 is 2.44. The predicted molar refractivity (Wildman–Crippen MR) is 238 cm³/mol. The van der Waals surface area contributed by atoms with Crippen LogP contribution in [0.5, 0.6) is 0 Å². The molecule has 11 rings (SSSR count). The van der Waals surface area contributed by atoms with Crippen LogP contribution < -0.4 is 4.90 Å². The van der Waals surface area contributed by atoms with E-state index >= 15 is 0 Å². The fraction of sp³-hybridized carbons (Fsp3) is 0.0182. The van der Waals surface area contributed by atoms with E-state index in [9.17, 15) is 0 Å². The van der Waals surface area contributed by atoms with Gasteiger partial charge >= 0.3 is 0 Å². The molecule has 2 nitrogen and oxygen atoms in total. The molecule has 0 amide bonds. The Kier molecular flexibility index (Phi) is 7.75. The Morgan fingerprint density at radius 1 is 0.368 bits per heavy atom. The van der Waals surface area contributed by atoms with Crippen molar-refractivity contribution in [1.29, 1.82) is 0 Å². The quantitative estimate of drug-likeness (QED) is 0.159. The molecule has 57 heavy (non-hydrogen) atoms. The minimum absolute atomic E-state index is 0.516. The Labute approximate surface area is 333 Å². The number of benzene rings is 9. The average Bonchev–Trinajstić information content (AvgIpc) is 3.79. The summed E-state index contributed by atoms with van der Waals surface area (Å²) >= 11 is 0. The van der Waals surface area contributed by atoms with Crippen molar-refractivity contribution >= 4 is 38.9 Å². The summed E-state index contributed by atoms with van der Waals surface area (Å²) in [7, 11) is 0. The number of anilines is 3. The molecule has 0 saturated carbocycles. The van der Waals surface area contributed by atoms with Gasteiger partial charge in [0.15, 0.2) is 0 Å². The van der Waals surface area contributed by atoms with Gasteiger partial charge in [-0.2, -0.15) is 0 Å². The Morgan fingerprint density at radius 3 is 1.63 bits per heavy atom. The maximum atomic E-state index is 2.47. The molecule has 9 aromatic carbocycles. The van der Waals surface area contributed by atoms with Gasteiger partial charge in [-0.3, -0.25) is 0 Å². The summed E-state index contributed by atoms with van der Waals surface area (Å²) in [5.41, 5.74) is 16.3. The van der Waals surface area contributed by atoms with Gasteiger partial charge in [0.25, 0.3) is 0 Å². The highest BCUT2D eigenvalue weighted by atomic mass is 15.2. The Bertz CT molecular complexity index is 3000. The second-order valence-electron chi connectivity index (χ2n) is 14.9. The predicted octanol–water partition coefficient (Wildman–Crippen LogP) is 14.3. The monoisotopic (exact) mass is 726 g/mol. The smallest absolute Gasteiger partial charge is 0.0782 e. The maximum Gasteiger partial charge on any atom is 0.0782 e. The number of hydrogen-bond donors (Lipinski definition) is 0. The van der Waals surface area contributed by atoms with E-state index in [-0.39, 0.29) is 0 Å². The Balaban J connectivity index is 1.22. The molecule has 1 heterocycles. The van der Waals surface area contributed by atoms with Crippen LogP contribution in [0, 0.1) is 0 Å². The lowest BCUT2D eigenvalue weighted by Crippen LogP contribution is -2.28. The summed E-state index contributed by atoms with van der Waals surface area (Å²) in [5.74, 6) is 0. The minimum atomic E-state index is -0.516. The fourth-order valence-corrected chi connectivity index (χ4v) is 9.46. The van der Waals surface area contributed by atoms with Crippen LogP contribution in [0.3, 0.4) is 0 Å². The number of fused-ring (bicyclic) bond motifs is 6. The first kappa shape index (κ1) is 33.0. The van der Waals surface area contributed by atoms with Crippen molar-refractivity contribution in [2.24, 2.45) is 0 Å². The van der Waals surface area contributed by atoms with Crippen LogP contribution in [0.4, 0.5) is 17.1 Å². The first-order chi connectivity index (χ1) is 28.3. The molecule has 0 atom stereocenters. The highest BCUT2D eigenvalue weighted by molar-refractivity contribution is 6.14. The number of nitrogens with zero attached hydrogens (tertiary/aromatic N) is 2. The lowest BCUT2D eigenvalue weighted by molar-refractivity contribution is 0.768. The summed E-state index contributed by atoms with van der Waals surface area (Å²) in [6.07, 6.45) is 0. The molecule has 2 heteroatoms. The van der Waals surface area contributed by atoms with Crippen LogP contribution in [0.1, 0.15) is 22.3 Å². The fourth-order valence-electron chi connectivity index (χ4n) is 9.46. The molecule has 1 aromatic heterocycles. The molecule has 0 aliphatic heterocycles. The second kappa shape index (κ2) is 13.4. The third kappa shape index (κ3) is 5.11. The number of hydrogen-bond acceptors (Lipinski definition) is 1. The van der Waals surface area contributed by atoms with Gasteiger partial charge in [0.2, 0.25) is 0 Å². The molecule has 0 radical (unpaired) electrons. The molecule has 0 spiro atoms. The van der Waals surface area contributed by atoms with E-state index in [0.29, 0.717) is 0 Å². The molecular weight excluding hydrogens is 689 g/mol. The maximum absolute atomic E-state index is 2.47. The highest BCUT2D eigenvalue weighted by Gasteiger charge is 2.46. The molecule has 268 valence electrons. The molecule has 0 unspecified atom stereocenters. The highest BCUT2D eigenvalue weighted by Crippen LogP contribution is 2.57. The van der Waals surface area contributed by atoms with Gasteiger partial charge in [0.1, 0.15) is 0 Å². The molecule has 1 aliphatic carbocycles. The molecule has 0 fully saturated rings. The summed E-state index contributed by atoms with van der Waals surface area (Å²) in [6.45, 7) is 0. The summed E-state index contributed by atoms with van der Waals surface area (Å²) in [5, 5.41) is 2.45. The van der Waals surface area contributed by atoms with Crippen molar-refractivity contribution in [1.82, 2.24) is 4.57 Å². The van der Waals surface area contributed by atoms with Crippen molar-refractivity contribution in [2.45, 2.75) is 5.41 Å². The van der Waals surface area contributed by atoms with E-state index in [1.807, 2.05) is 0 Å². The van der Waals surface area contributed by atoms with Crippen LogP contribution in [-0.2, 0) is 5.41 Å². The van der Waals surface area contributed by atoms with E-state index < -0.39 is 5.41 Å². The molecule has 10 aromatic rings. The van der Waals surface area contributed by atoms with E-state index in [2.05, 4.69) is 240 Å². The largest absolute Gasteiger partial charge is 0.308 e. The summed E-state index contributed by atoms with van der Waals surface area (Å²) in [6, 6.07) is 84.3. The number of para-hydroxylation sites is 3. The van der Waals surface area contributed by atoms with Gasteiger partial charge in [-0.15, -0.1) is 0 Å². The van der Waals surface area contributed by atoms with Gasteiger partial charge < -0.3 is 9.47 Å². The van der Waals surface area contributed by atoms with Crippen LogP contribution >= 0.6 is 0 Å². The standard InChI is InChI=1S/C55H38N2/c1-5-18-39(19-6-1)40-32-34-44(35-33-40)56(53-31-17-28-49-48-27-14-16-30-52(48)57(54(49)53)43-24-11-4-12-25-43)45-36-37-47-46-26-13-15-29-50(46)55(51(47)38-45,41-20-7-2-8-21-41)42-22-9-3-10-23-42/h1-38H. The van der Waals surface area contributed by atoms with Gasteiger partial charge in [-0.05, 0) is 93.0 Å². The van der Waals surface area contributed by atoms with Crippen molar-refractivity contribution in [3.8, 4) is 27.9 Å². The first-order valence-electron chi connectivity index (χ1n) is 19.7. The zero-order chi connectivity index (χ0) is 37.8. The van der Waals surface area contributed by atoms with Gasteiger partial charge in [-0.1, -0.05) is 182 Å². The van der Waals surface area contributed by atoms with Crippen molar-refractivity contribution in [3.63, 3.8) is 0 Å². The Morgan fingerprint density at radius 2 is 0.912 bits per heavy atom. The van der Waals surface area contributed by atoms with Crippen LogP contribution in [0.15, 0.2) is 231 Å². The van der Waals surface area contributed by atoms with E-state index in [0.717, 1.165) is 22.7 Å². The first-order valence-corrected chi connectivity index (χ1v) is 19.7. The third-order valence-corrected chi connectivity index (χ3v) is 11.9. The zero-order valence-corrected chi connectivity index (χ0v) is 31.3. The second-order valence-corrected chi connectivity index (χ2v) is 14.9. The van der Waals surface area contributed by atoms with Gasteiger partial charge in [0.05, 0.1) is 22.1 Å². The zero-order valence-electron chi connectivity index (χ0n) is 31.3. The Hall–Kier alpha value is -7.42. The van der Waals surface area contributed by atoms with Crippen molar-refractivity contribution < 1.29 is 0 Å². The minimum Gasteiger partial charge on any atom is -0.308 e. The number of aromatic nitrogens is 1.